The zero-order valence-electron chi connectivity index (χ0n) is 17.8. The Labute approximate surface area is 175 Å². The van der Waals surface area contributed by atoms with E-state index in [1.165, 1.54) is 16.7 Å². The number of amides is 2. The molecule has 0 bridgehead atoms. The van der Waals surface area contributed by atoms with E-state index in [9.17, 15) is 14.4 Å². The van der Waals surface area contributed by atoms with Crippen molar-refractivity contribution in [1.82, 2.24) is 20.2 Å². The summed E-state index contributed by atoms with van der Waals surface area (Å²) in [4.78, 5) is 45.1. The van der Waals surface area contributed by atoms with E-state index < -0.39 is 11.5 Å². The number of aromatic amines is 1. The van der Waals surface area contributed by atoms with Crippen LogP contribution in [-0.2, 0) is 16.8 Å². The van der Waals surface area contributed by atoms with Crippen molar-refractivity contribution in [3.63, 3.8) is 0 Å². The van der Waals surface area contributed by atoms with Gasteiger partial charge in [-0.1, -0.05) is 32.9 Å². The van der Waals surface area contributed by atoms with Gasteiger partial charge in [0.05, 0.1) is 0 Å². The van der Waals surface area contributed by atoms with Gasteiger partial charge in [0.25, 0.3) is 11.5 Å². The molecule has 0 radical (unpaired) electrons. The van der Waals surface area contributed by atoms with Gasteiger partial charge < -0.3 is 19.9 Å². The molecule has 2 amide bonds. The van der Waals surface area contributed by atoms with Gasteiger partial charge in [-0.15, -0.1) is 0 Å². The second kappa shape index (κ2) is 8.69. The molecular weight excluding hydrogens is 384 g/mol. The Morgan fingerprint density at radius 2 is 1.93 bits per heavy atom. The lowest BCUT2D eigenvalue weighted by molar-refractivity contribution is -0.120. The predicted octanol–water partition coefficient (Wildman–Crippen LogP) is 2.00. The first-order valence-electron chi connectivity index (χ1n) is 10.0. The number of aromatic nitrogens is 2. The SMILES string of the molecule is CC1CNC(=O)CCN1C(=O)c1cnc(COc2ccc(C(C)(C)C)cc2)[nH]c1=O. The van der Waals surface area contributed by atoms with Gasteiger partial charge in [-0.25, -0.2) is 4.98 Å². The Bertz CT molecular complexity index is 976. The van der Waals surface area contributed by atoms with Crippen molar-refractivity contribution >= 4 is 11.8 Å². The highest BCUT2D eigenvalue weighted by Gasteiger charge is 2.27. The average molecular weight is 412 g/mol. The van der Waals surface area contributed by atoms with Crippen LogP contribution in [-0.4, -0.2) is 45.8 Å². The number of nitrogens with zero attached hydrogens (tertiary/aromatic N) is 2. The van der Waals surface area contributed by atoms with Crippen molar-refractivity contribution in [1.29, 1.82) is 0 Å². The van der Waals surface area contributed by atoms with Gasteiger partial charge in [-0.2, -0.15) is 0 Å². The number of carbonyl (C=O) groups is 2. The highest BCUT2D eigenvalue weighted by atomic mass is 16.5. The summed E-state index contributed by atoms with van der Waals surface area (Å²) in [5, 5.41) is 2.75. The Kier molecular flexibility index (Phi) is 6.24. The number of hydrogen-bond donors (Lipinski definition) is 2. The van der Waals surface area contributed by atoms with Gasteiger partial charge >= 0.3 is 0 Å². The number of hydrogen-bond acceptors (Lipinski definition) is 5. The normalized spacial score (nSPS) is 17.3. The van der Waals surface area contributed by atoms with Crippen LogP contribution in [0.3, 0.4) is 0 Å². The van der Waals surface area contributed by atoms with Crippen LogP contribution in [0.4, 0.5) is 0 Å². The van der Waals surface area contributed by atoms with Gasteiger partial charge in [0.1, 0.15) is 23.7 Å². The molecule has 0 aliphatic carbocycles. The van der Waals surface area contributed by atoms with Crippen LogP contribution < -0.4 is 15.6 Å². The van der Waals surface area contributed by atoms with Crippen LogP contribution in [0.15, 0.2) is 35.3 Å². The number of H-pyrrole nitrogens is 1. The van der Waals surface area contributed by atoms with E-state index in [1.54, 1.807) is 0 Å². The van der Waals surface area contributed by atoms with Gasteiger partial charge in [0.15, 0.2) is 0 Å². The maximum Gasteiger partial charge on any atom is 0.263 e. The van der Waals surface area contributed by atoms with E-state index in [1.807, 2.05) is 31.2 Å². The summed E-state index contributed by atoms with van der Waals surface area (Å²) in [6.07, 6.45) is 1.48. The quantitative estimate of drug-likeness (QED) is 0.799. The van der Waals surface area contributed by atoms with E-state index in [-0.39, 0.29) is 42.5 Å². The fraction of sp³-hybridized carbons (Fsp3) is 0.455. The third-order valence-electron chi connectivity index (χ3n) is 5.15. The Hall–Kier alpha value is -3.16. The number of nitrogens with one attached hydrogen (secondary N) is 2. The van der Waals surface area contributed by atoms with Crippen molar-refractivity contribution < 1.29 is 14.3 Å². The maximum absolute atomic E-state index is 12.8. The zero-order valence-corrected chi connectivity index (χ0v) is 17.8. The van der Waals surface area contributed by atoms with Crippen molar-refractivity contribution in [2.75, 3.05) is 13.1 Å². The molecule has 1 unspecified atom stereocenters. The fourth-order valence-electron chi connectivity index (χ4n) is 3.22. The highest BCUT2D eigenvalue weighted by Crippen LogP contribution is 2.24. The van der Waals surface area contributed by atoms with E-state index in [4.69, 9.17) is 4.74 Å². The minimum Gasteiger partial charge on any atom is -0.486 e. The Morgan fingerprint density at radius 3 is 2.57 bits per heavy atom. The molecule has 160 valence electrons. The Morgan fingerprint density at radius 1 is 1.23 bits per heavy atom. The lowest BCUT2D eigenvalue weighted by Crippen LogP contribution is -2.43. The number of benzene rings is 1. The number of ether oxygens (including phenoxy) is 1. The molecule has 1 aromatic heterocycles. The lowest BCUT2D eigenvalue weighted by atomic mass is 9.87. The smallest absolute Gasteiger partial charge is 0.263 e. The van der Waals surface area contributed by atoms with Crippen LogP contribution in [0.25, 0.3) is 0 Å². The minimum atomic E-state index is -0.521. The summed E-state index contributed by atoms with van der Waals surface area (Å²) in [6.45, 7) is 8.95. The molecular formula is C22H28N4O4. The molecule has 1 fully saturated rings. The second-order valence-corrected chi connectivity index (χ2v) is 8.54. The number of rotatable bonds is 4. The lowest BCUT2D eigenvalue weighted by Gasteiger charge is -2.26. The maximum atomic E-state index is 12.8. The van der Waals surface area contributed by atoms with Gasteiger partial charge in [-0.3, -0.25) is 14.4 Å². The molecule has 30 heavy (non-hydrogen) atoms. The molecule has 8 nitrogen and oxygen atoms in total. The first-order valence-corrected chi connectivity index (χ1v) is 10.0. The fourth-order valence-corrected chi connectivity index (χ4v) is 3.22. The summed E-state index contributed by atoms with van der Waals surface area (Å²) in [7, 11) is 0. The van der Waals surface area contributed by atoms with E-state index in [2.05, 4.69) is 36.1 Å². The first kappa shape index (κ1) is 21.5. The van der Waals surface area contributed by atoms with Gasteiger partial charge in [0, 0.05) is 31.7 Å². The van der Waals surface area contributed by atoms with Crippen molar-refractivity contribution in [2.45, 2.75) is 52.2 Å². The minimum absolute atomic E-state index is 0.0468. The monoisotopic (exact) mass is 412 g/mol. The summed E-state index contributed by atoms with van der Waals surface area (Å²) in [6, 6.07) is 7.58. The van der Waals surface area contributed by atoms with Crippen LogP contribution in [0.2, 0.25) is 0 Å². The highest BCUT2D eigenvalue weighted by molar-refractivity contribution is 5.94. The van der Waals surface area contributed by atoms with Crippen LogP contribution in [0.5, 0.6) is 5.75 Å². The number of carbonyl (C=O) groups excluding carboxylic acids is 2. The van der Waals surface area contributed by atoms with E-state index in [0.29, 0.717) is 18.1 Å². The van der Waals surface area contributed by atoms with E-state index in [0.717, 1.165) is 0 Å². The molecule has 1 aliphatic heterocycles. The molecule has 0 spiro atoms. The van der Waals surface area contributed by atoms with Gasteiger partial charge in [-0.05, 0) is 30.0 Å². The molecule has 2 aromatic rings. The molecule has 8 heteroatoms. The molecule has 1 aliphatic rings. The molecule has 1 atom stereocenters. The van der Waals surface area contributed by atoms with Gasteiger partial charge in [0.2, 0.25) is 5.91 Å². The molecule has 1 aromatic carbocycles. The first-order chi connectivity index (χ1) is 14.1. The average Bonchev–Trinajstić information content (AvgIpc) is 2.86. The summed E-state index contributed by atoms with van der Waals surface area (Å²) in [5.41, 5.74) is 0.688. The molecule has 1 saturated heterocycles. The van der Waals surface area contributed by atoms with Crippen LogP contribution >= 0.6 is 0 Å². The van der Waals surface area contributed by atoms with E-state index >= 15 is 0 Å². The predicted molar refractivity (Wildman–Crippen MR) is 112 cm³/mol. The molecule has 0 saturated carbocycles. The van der Waals surface area contributed by atoms with Crippen molar-refractivity contribution in [3.8, 4) is 5.75 Å². The topological polar surface area (TPSA) is 104 Å². The summed E-state index contributed by atoms with van der Waals surface area (Å²) >= 11 is 0. The van der Waals surface area contributed by atoms with Crippen molar-refractivity contribution in [2.24, 2.45) is 0 Å². The third kappa shape index (κ3) is 5.06. The largest absolute Gasteiger partial charge is 0.486 e. The van der Waals surface area contributed by atoms with Crippen LogP contribution in [0.1, 0.15) is 55.9 Å². The Balaban J connectivity index is 1.67. The molecule has 3 rings (SSSR count). The second-order valence-electron chi connectivity index (χ2n) is 8.54. The standard InChI is InChI=1S/C22H28N4O4/c1-14-11-24-19(27)9-10-26(14)21(29)17-12-23-18(25-20(17)28)13-30-16-7-5-15(6-8-16)22(2,3)4/h5-8,12,14H,9-11,13H2,1-4H3,(H,24,27)(H,23,25,28). The zero-order chi connectivity index (χ0) is 21.9. The molecule has 2 N–H and O–H groups in total. The molecule has 2 heterocycles. The van der Waals surface area contributed by atoms with Crippen LogP contribution in [0, 0.1) is 0 Å². The third-order valence-corrected chi connectivity index (χ3v) is 5.15. The summed E-state index contributed by atoms with van der Waals surface area (Å²) < 4.78 is 5.70. The van der Waals surface area contributed by atoms with Crippen molar-refractivity contribution in [3.05, 3.63) is 57.8 Å². The summed E-state index contributed by atoms with van der Waals surface area (Å²) in [5.74, 6) is 0.462.